The maximum absolute atomic E-state index is 9.73. The van der Waals surface area contributed by atoms with Crippen molar-refractivity contribution in [1.29, 1.82) is 0 Å². The molecule has 0 fully saturated rings. The number of hydrogen-bond donors (Lipinski definition) is 2. The quantitative estimate of drug-likeness (QED) is 0.656. The number of rotatable bonds is 6. The Kier molecular flexibility index (Phi) is 5.51. The highest BCUT2D eigenvalue weighted by atomic mass is 16.3. The highest BCUT2D eigenvalue weighted by molar-refractivity contribution is 5.86. The lowest BCUT2D eigenvalue weighted by Crippen LogP contribution is -2.11. The minimum atomic E-state index is 0.0770. The third-order valence-corrected chi connectivity index (χ3v) is 5.25. The van der Waals surface area contributed by atoms with Gasteiger partial charge in [0.1, 0.15) is 5.82 Å². The number of aliphatic hydroxyl groups excluding tert-OH is 1. The van der Waals surface area contributed by atoms with Crippen LogP contribution in [0.15, 0.2) is 24.4 Å². The second kappa shape index (κ2) is 7.69. The summed E-state index contributed by atoms with van der Waals surface area (Å²) in [5, 5.41) is 13.0. The van der Waals surface area contributed by atoms with Gasteiger partial charge in [-0.05, 0) is 55.5 Å². The van der Waals surface area contributed by atoms with Crippen molar-refractivity contribution in [2.24, 2.45) is 0 Å². The molecule has 0 bridgehead atoms. The van der Waals surface area contributed by atoms with Crippen LogP contribution < -0.4 is 5.32 Å². The second-order valence-electron chi connectivity index (χ2n) is 7.52. The van der Waals surface area contributed by atoms with Gasteiger partial charge in [-0.25, -0.2) is 9.97 Å². The molecule has 0 spiro atoms. The fraction of sp³-hybridized carbons (Fsp3) is 0.455. The third-order valence-electron chi connectivity index (χ3n) is 5.25. The first-order valence-electron chi connectivity index (χ1n) is 9.69. The van der Waals surface area contributed by atoms with Crippen molar-refractivity contribution in [3.63, 3.8) is 0 Å². The Morgan fingerprint density at radius 3 is 2.48 bits per heavy atom. The zero-order valence-electron chi connectivity index (χ0n) is 17.2. The number of pyridine rings is 2. The van der Waals surface area contributed by atoms with Crippen LogP contribution in [0.25, 0.3) is 22.3 Å². The third kappa shape index (κ3) is 3.44. The first-order chi connectivity index (χ1) is 12.9. The normalized spacial score (nSPS) is 12.7. The van der Waals surface area contributed by atoms with E-state index in [1.807, 2.05) is 7.05 Å². The number of anilines is 1. The van der Waals surface area contributed by atoms with Gasteiger partial charge >= 0.3 is 0 Å². The van der Waals surface area contributed by atoms with Gasteiger partial charge in [0.15, 0.2) is 0 Å². The molecule has 0 unspecified atom stereocenters. The van der Waals surface area contributed by atoms with Gasteiger partial charge in [-0.15, -0.1) is 0 Å². The Morgan fingerprint density at radius 2 is 1.89 bits per heavy atom. The second-order valence-corrected chi connectivity index (χ2v) is 7.52. The number of nitrogens with zero attached hydrogens (tertiary/aromatic N) is 3. The van der Waals surface area contributed by atoms with Gasteiger partial charge in [-0.3, -0.25) is 0 Å². The monoisotopic (exact) mass is 366 g/mol. The zero-order chi connectivity index (χ0) is 19.7. The molecule has 2 N–H and O–H groups in total. The van der Waals surface area contributed by atoms with Crippen molar-refractivity contribution in [3.05, 3.63) is 41.2 Å². The molecule has 0 saturated heterocycles. The van der Waals surface area contributed by atoms with E-state index in [1.165, 1.54) is 0 Å². The molecule has 1 atom stereocenters. The highest BCUT2D eigenvalue weighted by Crippen LogP contribution is 2.33. The van der Waals surface area contributed by atoms with E-state index in [1.54, 1.807) is 0 Å². The number of aromatic nitrogens is 3. The van der Waals surface area contributed by atoms with E-state index in [-0.39, 0.29) is 12.6 Å². The van der Waals surface area contributed by atoms with Gasteiger partial charge in [0.2, 0.25) is 0 Å². The standard InChI is InChI=1S/C22H30N4O/c1-7-16(12-27)26-11-15(5)21-19(26)10-14(4)20(25-21)17-8-9-18(13(2)3)24-22(17)23-6/h8-11,13,16,27H,7,12H2,1-6H3,(H,23,24)/t16-/m0/s1. The van der Waals surface area contributed by atoms with Crippen molar-refractivity contribution in [3.8, 4) is 11.3 Å². The van der Waals surface area contributed by atoms with Crippen molar-refractivity contribution in [1.82, 2.24) is 14.5 Å². The fourth-order valence-electron chi connectivity index (χ4n) is 3.59. The number of aryl methyl sites for hydroxylation is 2. The maximum atomic E-state index is 9.73. The molecule has 5 nitrogen and oxygen atoms in total. The number of hydrogen-bond acceptors (Lipinski definition) is 4. The Hall–Kier alpha value is -2.40. The first kappa shape index (κ1) is 19.4. The van der Waals surface area contributed by atoms with E-state index >= 15 is 0 Å². The van der Waals surface area contributed by atoms with E-state index < -0.39 is 0 Å². The lowest BCUT2D eigenvalue weighted by molar-refractivity contribution is 0.227. The van der Waals surface area contributed by atoms with Crippen LogP contribution in [0.3, 0.4) is 0 Å². The molecule has 144 valence electrons. The lowest BCUT2D eigenvalue weighted by atomic mass is 10.0. The molecule has 0 aliphatic rings. The van der Waals surface area contributed by atoms with Crippen LogP contribution in [-0.2, 0) is 0 Å². The van der Waals surface area contributed by atoms with E-state index in [0.29, 0.717) is 5.92 Å². The van der Waals surface area contributed by atoms with Crippen molar-refractivity contribution >= 4 is 16.9 Å². The topological polar surface area (TPSA) is 63.0 Å². The van der Waals surface area contributed by atoms with Gasteiger partial charge in [0, 0.05) is 24.5 Å². The molecule has 0 radical (unpaired) electrons. The van der Waals surface area contributed by atoms with Gasteiger partial charge in [-0.1, -0.05) is 20.8 Å². The summed E-state index contributed by atoms with van der Waals surface area (Å²) in [6.45, 7) is 10.7. The lowest BCUT2D eigenvalue weighted by Gasteiger charge is -2.17. The zero-order valence-corrected chi connectivity index (χ0v) is 17.2. The Labute approximate surface area is 161 Å². The highest BCUT2D eigenvalue weighted by Gasteiger charge is 2.18. The molecule has 27 heavy (non-hydrogen) atoms. The van der Waals surface area contributed by atoms with Gasteiger partial charge in [-0.2, -0.15) is 0 Å². The Bertz CT molecular complexity index is 955. The first-order valence-corrected chi connectivity index (χ1v) is 9.69. The SMILES string of the molecule is CC[C@@H](CO)n1cc(C)c2nc(-c3ccc(C(C)C)nc3NC)c(C)cc21. The smallest absolute Gasteiger partial charge is 0.135 e. The molecule has 3 rings (SSSR count). The Morgan fingerprint density at radius 1 is 1.15 bits per heavy atom. The maximum Gasteiger partial charge on any atom is 0.135 e. The molecule has 5 heteroatoms. The summed E-state index contributed by atoms with van der Waals surface area (Å²) in [7, 11) is 1.90. The molecule has 0 aromatic carbocycles. The van der Waals surface area contributed by atoms with Crippen molar-refractivity contribution in [2.75, 3.05) is 19.0 Å². The minimum absolute atomic E-state index is 0.0770. The van der Waals surface area contributed by atoms with Crippen molar-refractivity contribution < 1.29 is 5.11 Å². The predicted octanol–water partition coefficient (Wildman–Crippen LogP) is 4.82. The summed E-state index contributed by atoms with van der Waals surface area (Å²) in [6.07, 6.45) is 2.98. The average molecular weight is 367 g/mol. The number of fused-ring (bicyclic) bond motifs is 1. The van der Waals surface area contributed by atoms with Crippen molar-refractivity contribution in [2.45, 2.75) is 53.0 Å². The molecule has 3 heterocycles. The predicted molar refractivity (Wildman–Crippen MR) is 112 cm³/mol. The van der Waals surface area contributed by atoms with Crippen LogP contribution in [0.2, 0.25) is 0 Å². The summed E-state index contributed by atoms with van der Waals surface area (Å²) >= 11 is 0. The molecular weight excluding hydrogens is 336 g/mol. The van der Waals surface area contributed by atoms with Crippen LogP contribution in [0.5, 0.6) is 0 Å². The summed E-state index contributed by atoms with van der Waals surface area (Å²) in [5.74, 6) is 1.23. The molecule has 0 amide bonds. The molecule has 0 aliphatic carbocycles. The molecule has 0 aliphatic heterocycles. The largest absolute Gasteiger partial charge is 0.394 e. The average Bonchev–Trinajstić information content (AvgIpc) is 2.97. The van der Waals surface area contributed by atoms with E-state index in [4.69, 9.17) is 9.97 Å². The van der Waals surface area contributed by atoms with E-state index in [0.717, 1.165) is 51.4 Å². The molecule has 3 aromatic heterocycles. The van der Waals surface area contributed by atoms with E-state index in [9.17, 15) is 5.11 Å². The van der Waals surface area contributed by atoms with Gasteiger partial charge in [0.05, 0.1) is 29.4 Å². The summed E-state index contributed by atoms with van der Waals surface area (Å²) in [5.41, 5.74) is 7.32. The number of nitrogens with one attached hydrogen (secondary N) is 1. The van der Waals surface area contributed by atoms with Crippen LogP contribution in [-0.4, -0.2) is 33.3 Å². The summed E-state index contributed by atoms with van der Waals surface area (Å²) in [6, 6.07) is 6.46. The fourth-order valence-corrected chi connectivity index (χ4v) is 3.59. The van der Waals surface area contributed by atoms with Gasteiger partial charge in [0.25, 0.3) is 0 Å². The minimum Gasteiger partial charge on any atom is -0.394 e. The van der Waals surface area contributed by atoms with Crippen LogP contribution in [0.1, 0.15) is 56.0 Å². The van der Waals surface area contributed by atoms with Crippen LogP contribution in [0, 0.1) is 13.8 Å². The molecule has 3 aromatic rings. The molecule has 0 saturated carbocycles. The number of aliphatic hydroxyl groups is 1. The summed E-state index contributed by atoms with van der Waals surface area (Å²) in [4.78, 5) is 9.80. The molecular formula is C22H30N4O. The Balaban J connectivity index is 2.20. The van der Waals surface area contributed by atoms with Crippen LogP contribution >= 0.6 is 0 Å². The summed E-state index contributed by atoms with van der Waals surface area (Å²) < 4.78 is 2.16. The van der Waals surface area contributed by atoms with Crippen LogP contribution in [0.4, 0.5) is 5.82 Å². The van der Waals surface area contributed by atoms with Gasteiger partial charge < -0.3 is 15.0 Å². The van der Waals surface area contributed by atoms with E-state index in [2.05, 4.69) is 68.9 Å².